The van der Waals surface area contributed by atoms with Crippen LogP contribution in [-0.4, -0.2) is 5.24 Å². The van der Waals surface area contributed by atoms with Crippen LogP contribution in [0.2, 0.25) is 10.0 Å². The lowest BCUT2D eigenvalue weighted by Crippen LogP contribution is -1.93. The average Bonchev–Trinajstić information content (AvgIpc) is 2.08. The Balaban J connectivity index is 2.86. The highest BCUT2D eigenvalue weighted by Crippen LogP contribution is 2.28. The molecule has 0 aliphatic rings. The summed E-state index contributed by atoms with van der Waals surface area (Å²) in [6.45, 7) is 1.60. The fourth-order valence-electron chi connectivity index (χ4n) is 0.921. The van der Waals surface area contributed by atoms with Gasteiger partial charge in [-0.25, -0.2) is 0 Å². The smallest absolute Gasteiger partial charge is 0.248 e. The molecule has 1 rings (SSSR count). The summed E-state index contributed by atoms with van der Waals surface area (Å²) >= 11 is 16.7. The van der Waals surface area contributed by atoms with Crippen molar-refractivity contribution in [3.8, 4) is 5.75 Å². The standard InChI is InChI=1S/C10H7Cl3O2/c1-6(4-10(13)14)15-9-3-2-7(11)5-8(9)12/h2-5H,1H3. The second-order valence-electron chi connectivity index (χ2n) is 2.74. The van der Waals surface area contributed by atoms with Gasteiger partial charge in [0.05, 0.1) is 5.02 Å². The lowest BCUT2D eigenvalue weighted by Gasteiger charge is -2.07. The van der Waals surface area contributed by atoms with Crippen LogP contribution in [-0.2, 0) is 4.79 Å². The van der Waals surface area contributed by atoms with Crippen LogP contribution < -0.4 is 4.74 Å². The van der Waals surface area contributed by atoms with Gasteiger partial charge < -0.3 is 4.74 Å². The summed E-state index contributed by atoms with van der Waals surface area (Å²) in [6.07, 6.45) is 1.16. The van der Waals surface area contributed by atoms with Gasteiger partial charge in [-0.1, -0.05) is 23.2 Å². The van der Waals surface area contributed by atoms with Gasteiger partial charge in [-0.15, -0.1) is 0 Å². The van der Waals surface area contributed by atoms with Crippen molar-refractivity contribution in [1.29, 1.82) is 0 Å². The Kier molecular flexibility index (Phi) is 4.45. The molecule has 0 amide bonds. The van der Waals surface area contributed by atoms with Crippen molar-refractivity contribution in [2.75, 3.05) is 0 Å². The van der Waals surface area contributed by atoms with Gasteiger partial charge in [0.2, 0.25) is 5.24 Å². The Bertz CT molecular complexity index is 413. The van der Waals surface area contributed by atoms with Crippen molar-refractivity contribution < 1.29 is 9.53 Å². The van der Waals surface area contributed by atoms with E-state index in [1.165, 1.54) is 0 Å². The van der Waals surface area contributed by atoms with Gasteiger partial charge in [0.25, 0.3) is 0 Å². The first-order chi connectivity index (χ1) is 6.99. The fourth-order valence-corrected chi connectivity index (χ4v) is 1.52. The zero-order valence-electron chi connectivity index (χ0n) is 7.76. The zero-order chi connectivity index (χ0) is 11.4. The average molecular weight is 266 g/mol. The Morgan fingerprint density at radius 2 is 2.07 bits per heavy atom. The summed E-state index contributed by atoms with van der Waals surface area (Å²) in [7, 11) is 0. The van der Waals surface area contributed by atoms with Crippen LogP contribution in [0.3, 0.4) is 0 Å². The third-order valence-corrected chi connectivity index (χ3v) is 2.12. The predicted molar refractivity (Wildman–Crippen MR) is 61.7 cm³/mol. The minimum atomic E-state index is -0.599. The fraction of sp³-hybridized carbons (Fsp3) is 0.100. The van der Waals surface area contributed by atoms with E-state index in [1.807, 2.05) is 0 Å². The van der Waals surface area contributed by atoms with Crippen LogP contribution >= 0.6 is 34.8 Å². The number of halogens is 3. The number of carbonyl (C=O) groups excluding carboxylic acids is 1. The molecule has 15 heavy (non-hydrogen) atoms. The third kappa shape index (κ3) is 4.12. The second-order valence-corrected chi connectivity index (χ2v) is 3.95. The highest BCUT2D eigenvalue weighted by atomic mass is 35.5. The van der Waals surface area contributed by atoms with E-state index in [-0.39, 0.29) is 0 Å². The highest BCUT2D eigenvalue weighted by molar-refractivity contribution is 6.66. The van der Waals surface area contributed by atoms with Gasteiger partial charge >= 0.3 is 0 Å². The minimum Gasteiger partial charge on any atom is -0.460 e. The first kappa shape index (κ1) is 12.4. The molecule has 0 saturated heterocycles. The summed E-state index contributed by atoms with van der Waals surface area (Å²) in [4.78, 5) is 10.5. The molecule has 0 bridgehead atoms. The van der Waals surface area contributed by atoms with E-state index in [0.717, 1.165) is 6.08 Å². The number of hydrogen-bond acceptors (Lipinski definition) is 2. The molecule has 0 fully saturated rings. The summed E-state index contributed by atoms with van der Waals surface area (Å²) in [5.74, 6) is 0.784. The third-order valence-electron chi connectivity index (χ3n) is 1.48. The van der Waals surface area contributed by atoms with Crippen LogP contribution in [0.5, 0.6) is 5.75 Å². The van der Waals surface area contributed by atoms with E-state index in [9.17, 15) is 4.79 Å². The molecule has 0 spiro atoms. The van der Waals surface area contributed by atoms with E-state index in [0.29, 0.717) is 21.6 Å². The van der Waals surface area contributed by atoms with Gasteiger partial charge in [0.1, 0.15) is 11.5 Å². The topological polar surface area (TPSA) is 26.3 Å². The summed E-state index contributed by atoms with van der Waals surface area (Å²) < 4.78 is 5.28. The molecule has 0 aliphatic heterocycles. The number of allylic oxidation sites excluding steroid dienone is 2. The van der Waals surface area contributed by atoms with E-state index in [4.69, 9.17) is 39.5 Å². The van der Waals surface area contributed by atoms with Gasteiger partial charge in [0.15, 0.2) is 0 Å². The van der Waals surface area contributed by atoms with Gasteiger partial charge in [0, 0.05) is 11.1 Å². The van der Waals surface area contributed by atoms with Crippen molar-refractivity contribution >= 4 is 40.0 Å². The number of hydrogen-bond donors (Lipinski definition) is 0. The quantitative estimate of drug-likeness (QED) is 0.468. The summed E-state index contributed by atoms with van der Waals surface area (Å²) in [5, 5.41) is 0.289. The summed E-state index contributed by atoms with van der Waals surface area (Å²) in [6, 6.07) is 4.80. The molecule has 0 N–H and O–H groups in total. The van der Waals surface area contributed by atoms with Crippen molar-refractivity contribution in [1.82, 2.24) is 0 Å². The van der Waals surface area contributed by atoms with E-state index in [2.05, 4.69) is 0 Å². The molecule has 0 heterocycles. The number of ether oxygens (including phenoxy) is 1. The van der Waals surface area contributed by atoms with Crippen LogP contribution in [0.4, 0.5) is 0 Å². The molecule has 0 aliphatic carbocycles. The van der Waals surface area contributed by atoms with Crippen LogP contribution in [0, 0.1) is 0 Å². The molecular weight excluding hydrogens is 258 g/mol. The maximum Gasteiger partial charge on any atom is 0.248 e. The number of benzene rings is 1. The monoisotopic (exact) mass is 264 g/mol. The maximum absolute atomic E-state index is 10.5. The van der Waals surface area contributed by atoms with E-state index in [1.54, 1.807) is 25.1 Å². The molecule has 80 valence electrons. The first-order valence-electron chi connectivity index (χ1n) is 3.99. The zero-order valence-corrected chi connectivity index (χ0v) is 10.0. The second kappa shape index (κ2) is 5.40. The molecule has 2 nitrogen and oxygen atoms in total. The predicted octanol–water partition coefficient (Wildman–Crippen LogP) is 4.04. The molecule has 0 saturated carbocycles. The van der Waals surface area contributed by atoms with E-state index >= 15 is 0 Å². The highest BCUT2D eigenvalue weighted by Gasteiger charge is 2.03. The largest absolute Gasteiger partial charge is 0.460 e. The molecule has 5 heteroatoms. The molecular formula is C10H7Cl3O2. The normalized spacial score (nSPS) is 11.3. The Morgan fingerprint density at radius 3 is 2.60 bits per heavy atom. The van der Waals surface area contributed by atoms with Crippen LogP contribution in [0.1, 0.15) is 6.92 Å². The van der Waals surface area contributed by atoms with Crippen molar-refractivity contribution in [3.63, 3.8) is 0 Å². The van der Waals surface area contributed by atoms with Crippen molar-refractivity contribution in [2.24, 2.45) is 0 Å². The number of carbonyl (C=O) groups is 1. The maximum atomic E-state index is 10.5. The van der Waals surface area contributed by atoms with Crippen LogP contribution in [0.25, 0.3) is 0 Å². The lowest BCUT2D eigenvalue weighted by molar-refractivity contribution is -0.107. The van der Waals surface area contributed by atoms with Crippen LogP contribution in [0.15, 0.2) is 30.0 Å². The lowest BCUT2D eigenvalue weighted by atomic mass is 10.3. The minimum absolute atomic E-state index is 0.360. The van der Waals surface area contributed by atoms with Crippen molar-refractivity contribution in [3.05, 3.63) is 40.1 Å². The molecule has 1 aromatic rings. The van der Waals surface area contributed by atoms with E-state index < -0.39 is 5.24 Å². The molecule has 0 atom stereocenters. The molecule has 0 radical (unpaired) electrons. The Labute approximate surface area is 102 Å². The molecule has 0 aromatic heterocycles. The van der Waals surface area contributed by atoms with Gasteiger partial charge in [-0.2, -0.15) is 0 Å². The Morgan fingerprint density at radius 1 is 1.40 bits per heavy atom. The Hall–Kier alpha value is -0.700. The van der Waals surface area contributed by atoms with Gasteiger partial charge in [-0.3, -0.25) is 4.79 Å². The van der Waals surface area contributed by atoms with Gasteiger partial charge in [-0.05, 0) is 36.7 Å². The first-order valence-corrected chi connectivity index (χ1v) is 5.13. The number of rotatable bonds is 3. The molecule has 0 unspecified atom stereocenters. The SMILES string of the molecule is CC(=CC(=O)Cl)Oc1ccc(Cl)cc1Cl. The van der Waals surface area contributed by atoms with Crippen molar-refractivity contribution in [2.45, 2.75) is 6.92 Å². The molecule has 1 aromatic carbocycles. The summed E-state index contributed by atoms with van der Waals surface area (Å²) in [5.41, 5.74) is 0.